The smallest absolute Gasteiger partial charge is 0.269 e. The van der Waals surface area contributed by atoms with Crippen molar-refractivity contribution >= 4 is 32.8 Å². The summed E-state index contributed by atoms with van der Waals surface area (Å²) in [5.41, 5.74) is 8.01. The van der Waals surface area contributed by atoms with Crippen molar-refractivity contribution in [2.24, 2.45) is 0 Å². The maximum Gasteiger partial charge on any atom is 0.269 e. The third-order valence-electron chi connectivity index (χ3n) is 17.9. The van der Waals surface area contributed by atoms with Crippen LogP contribution >= 0.6 is 0 Å². The van der Waals surface area contributed by atoms with Crippen molar-refractivity contribution < 1.29 is 34.0 Å². The molecule has 5 nitrogen and oxygen atoms in total. The molecule has 0 unspecified atom stereocenters. The minimum Gasteiger partial charge on any atom is -0.458 e. The fourth-order valence-electron chi connectivity index (χ4n) is 13.1. The van der Waals surface area contributed by atoms with Gasteiger partial charge in [-0.2, -0.15) is 0 Å². The van der Waals surface area contributed by atoms with Gasteiger partial charge in [-0.1, -0.05) is 262 Å². The number of pyridine rings is 1. The molecule has 0 N–H and O–H groups in total. The first-order chi connectivity index (χ1) is 53.5. The Morgan fingerprint density at radius 2 is 0.937 bits per heavy atom. The Morgan fingerprint density at radius 1 is 0.389 bits per heavy atom. The molecule has 0 bridgehead atoms. The van der Waals surface area contributed by atoms with Crippen LogP contribution in [0.15, 0.2) is 285 Å². The molecule has 3 aromatic heterocycles. The molecule has 12 aromatic carbocycles. The molecule has 0 radical (unpaired) electrons. The summed E-state index contributed by atoms with van der Waals surface area (Å²) in [7, 11) is 0. The molecular formula is C90H74N4O. The second-order valence-corrected chi connectivity index (χ2v) is 27.2. The normalized spacial score (nSPS) is 14.9. The quantitative estimate of drug-likeness (QED) is 0.107. The number of hydrogen-bond donors (Lipinski definition) is 0. The summed E-state index contributed by atoms with van der Waals surface area (Å²) in [6.45, 7) is 19.4. The third kappa shape index (κ3) is 10.6. The highest BCUT2D eigenvalue weighted by Crippen LogP contribution is 2.50. The Morgan fingerprint density at radius 3 is 1.60 bits per heavy atom. The van der Waals surface area contributed by atoms with Crippen LogP contribution in [0.2, 0.25) is 0 Å². The summed E-state index contributed by atoms with van der Waals surface area (Å²) in [5.74, 6) is 1.59. The minimum atomic E-state index is -0.808. The molecule has 0 aliphatic carbocycles. The number of ether oxygens (including phenoxy) is 1. The van der Waals surface area contributed by atoms with Crippen molar-refractivity contribution in [2.75, 3.05) is 0 Å². The number of nitrogens with zero attached hydrogens (tertiary/aromatic N) is 4. The number of para-hydroxylation sites is 2. The third-order valence-corrected chi connectivity index (χ3v) is 17.9. The summed E-state index contributed by atoms with van der Waals surface area (Å²) in [4.78, 5) is 4.92. The molecule has 95 heavy (non-hydrogen) atoms. The second kappa shape index (κ2) is 22.9. The van der Waals surface area contributed by atoms with Crippen LogP contribution in [0.5, 0.6) is 11.5 Å². The van der Waals surface area contributed by atoms with E-state index in [1.54, 1.807) is 24.3 Å². The van der Waals surface area contributed by atoms with Crippen LogP contribution in [0.1, 0.15) is 104 Å². The monoisotopic (exact) mass is 1240 g/mol. The van der Waals surface area contributed by atoms with E-state index >= 15 is 0 Å². The molecule has 1 aliphatic rings. The summed E-state index contributed by atoms with van der Waals surface area (Å²) >= 11 is 0. The van der Waals surface area contributed by atoms with Crippen molar-refractivity contribution in [3.63, 3.8) is 0 Å². The largest absolute Gasteiger partial charge is 0.458 e. The van der Waals surface area contributed by atoms with E-state index in [0.717, 1.165) is 49.9 Å². The van der Waals surface area contributed by atoms with Gasteiger partial charge in [0.25, 0.3) is 6.33 Å². The molecule has 15 aromatic rings. The first kappa shape index (κ1) is 42.2. The van der Waals surface area contributed by atoms with Crippen LogP contribution in [0.25, 0.3) is 139 Å². The fourth-order valence-corrected chi connectivity index (χ4v) is 13.1. The van der Waals surface area contributed by atoms with E-state index < -0.39 is 131 Å². The molecule has 0 saturated heterocycles. The first-order valence-corrected chi connectivity index (χ1v) is 31.7. The molecule has 0 spiro atoms. The predicted octanol–water partition coefficient (Wildman–Crippen LogP) is 23.5. The molecule has 16 rings (SSSR count). The molecular weight excluding hydrogens is 1150 g/mol. The zero-order chi connectivity index (χ0) is 80.6. The van der Waals surface area contributed by atoms with E-state index in [1.807, 2.05) is 125 Å². The van der Waals surface area contributed by atoms with Crippen molar-refractivity contribution in [2.45, 2.75) is 78.6 Å². The molecule has 0 fully saturated rings. The minimum absolute atomic E-state index is 0.0559. The SMILES string of the molecule is [2H]c1c([2H])c([2H])c(-c2cccc3c2-c2cccc(-c4cc(C(C)(C)C)cc(C(C)(C)C)c4)c2-[n+]2[c-]n(-c4cccc(Oc5ccc6c7ccccc7n(-c7cc(C(C)(C)C)ccn7)c6c5)c4)c4cc(-c5c([2H])c(-c6c([2H])c([2H])c([2H])c([2H])c6[2H])c([2H])c(-c6c([2H])c([2H])c([2H])c([2H])c6[2H])c5[2H])cc(c42)-c2ccccc2-3)c([2H])c1[2H]. The molecule has 460 valence electrons. The van der Waals surface area contributed by atoms with Crippen LogP contribution in [-0.4, -0.2) is 14.1 Å². The number of benzene rings is 12. The van der Waals surface area contributed by atoms with E-state index in [4.69, 9.17) is 22.1 Å². The summed E-state index contributed by atoms with van der Waals surface area (Å²) in [5, 5.41) is 1.98. The van der Waals surface area contributed by atoms with Gasteiger partial charge in [0, 0.05) is 23.0 Å². The van der Waals surface area contributed by atoms with E-state index in [2.05, 4.69) is 110 Å². The lowest BCUT2D eigenvalue weighted by Gasteiger charge is -2.27. The number of rotatable bonds is 9. The number of aromatic nitrogens is 4. The van der Waals surface area contributed by atoms with Crippen molar-refractivity contribution in [1.29, 1.82) is 0 Å². The van der Waals surface area contributed by atoms with Crippen LogP contribution in [0.3, 0.4) is 0 Å². The Labute approximate surface area is 582 Å². The zero-order valence-electron chi connectivity index (χ0n) is 71.9. The standard InChI is InChI=1S/C90H74N4O/c1-88(2,3)66-44-45-91-84(54-66)94-81-41-22-21-36-76(81)77-43-42-71(56-82(77)94)95-70-33-23-32-69(55-70)92-57-93-86-73(65-49-67(89(4,5)6)53-68(50-65)90(7,8)9)38-25-40-79(86)85-72(60-30-17-12-18-31-60)37-24-39-78(85)74-34-19-20-35-75(74)80-51-64(52-83(92)87(80)93)63-47-61(58-26-13-10-14-27-58)46-62(48-63)59-28-15-11-16-29-59/h10-56H,1-9H3/i10D,11D,12D,13D,14D,15D,16D,17D,18D,26D,27D,28D,29D,30D,31D,46D,47D,48D. The maximum absolute atomic E-state index is 10.6. The van der Waals surface area contributed by atoms with Gasteiger partial charge in [0.15, 0.2) is 0 Å². The van der Waals surface area contributed by atoms with Crippen LogP contribution < -0.4 is 9.30 Å². The highest BCUT2D eigenvalue weighted by molar-refractivity contribution is 6.10. The average molecular weight is 1250 g/mol. The van der Waals surface area contributed by atoms with E-state index in [0.29, 0.717) is 78.4 Å². The summed E-state index contributed by atoms with van der Waals surface area (Å²) < 4.78 is 181. The van der Waals surface area contributed by atoms with Gasteiger partial charge in [0.2, 0.25) is 0 Å². The summed E-state index contributed by atoms with van der Waals surface area (Å²) in [6.07, 6.45) is 5.69. The van der Waals surface area contributed by atoms with E-state index in [9.17, 15) is 12.3 Å². The molecule has 5 heteroatoms. The highest BCUT2D eigenvalue weighted by atomic mass is 16.5. The highest BCUT2D eigenvalue weighted by Gasteiger charge is 2.31. The van der Waals surface area contributed by atoms with Gasteiger partial charge in [-0.3, -0.25) is 13.7 Å². The number of fused-ring (bicyclic) bond motifs is 10. The van der Waals surface area contributed by atoms with E-state index in [1.165, 1.54) is 0 Å². The zero-order valence-corrected chi connectivity index (χ0v) is 53.9. The van der Waals surface area contributed by atoms with Gasteiger partial charge in [-0.15, -0.1) is 0 Å². The lowest BCUT2D eigenvalue weighted by molar-refractivity contribution is -0.570. The van der Waals surface area contributed by atoms with Crippen LogP contribution in [-0.2, 0) is 16.2 Å². The second-order valence-electron chi connectivity index (χ2n) is 27.2. The fraction of sp³-hybridized carbons (Fsp3) is 0.133. The Hall–Kier alpha value is -11.1. The first-order valence-electron chi connectivity index (χ1n) is 40.7. The Bertz CT molecular complexity index is 6440. The van der Waals surface area contributed by atoms with Crippen LogP contribution in [0, 0.1) is 6.33 Å². The summed E-state index contributed by atoms with van der Waals surface area (Å²) in [6, 6.07) is 41.9. The number of hydrogen-bond acceptors (Lipinski definition) is 2. The molecule has 0 amide bonds. The van der Waals surface area contributed by atoms with Crippen molar-refractivity contribution in [1.82, 2.24) is 14.1 Å². The Balaban J connectivity index is 1.07. The van der Waals surface area contributed by atoms with E-state index in [-0.39, 0.29) is 32.9 Å². The maximum atomic E-state index is 10.6. The average Bonchev–Trinajstić information content (AvgIpc) is 1.53. The van der Waals surface area contributed by atoms with Gasteiger partial charge < -0.3 is 4.74 Å². The van der Waals surface area contributed by atoms with Crippen molar-refractivity contribution in [3.8, 4) is 118 Å². The molecule has 0 atom stereocenters. The van der Waals surface area contributed by atoms with Gasteiger partial charge in [-0.05, 0) is 195 Å². The lowest BCUT2D eigenvalue weighted by atomic mass is 9.78. The van der Waals surface area contributed by atoms with Crippen molar-refractivity contribution in [3.05, 3.63) is 308 Å². The lowest BCUT2D eigenvalue weighted by Crippen LogP contribution is -2.32. The van der Waals surface area contributed by atoms with Gasteiger partial charge in [0.05, 0.1) is 58.1 Å². The number of imidazole rings is 1. The molecule has 4 heterocycles. The molecule has 1 aliphatic heterocycles. The van der Waals surface area contributed by atoms with Crippen LogP contribution in [0.4, 0.5) is 0 Å². The Kier molecular flexibility index (Phi) is 10.1. The molecule has 0 saturated carbocycles. The van der Waals surface area contributed by atoms with Gasteiger partial charge in [0.1, 0.15) is 17.3 Å². The predicted molar refractivity (Wildman–Crippen MR) is 395 cm³/mol. The van der Waals surface area contributed by atoms with Gasteiger partial charge in [-0.25, -0.2) is 4.98 Å². The van der Waals surface area contributed by atoms with Gasteiger partial charge >= 0.3 is 0 Å². The topological polar surface area (TPSA) is 35.9 Å².